The third kappa shape index (κ3) is 2.48. The zero-order chi connectivity index (χ0) is 14.9. The second-order valence-electron chi connectivity index (χ2n) is 3.93. The molecule has 0 amide bonds. The number of aromatic nitrogens is 2. The number of nitrogens with zero attached hydrogens (tertiary/aromatic N) is 1. The molecule has 7 nitrogen and oxygen atoms in total. The molecular weight excluding hydrogens is 289 g/mol. The van der Waals surface area contributed by atoms with Gasteiger partial charge in [-0.3, -0.25) is 9.82 Å². The van der Waals surface area contributed by atoms with Crippen molar-refractivity contribution in [3.63, 3.8) is 0 Å². The molecule has 0 fully saturated rings. The van der Waals surface area contributed by atoms with Crippen LogP contribution in [0, 0.1) is 12.7 Å². The van der Waals surface area contributed by atoms with Crippen LogP contribution in [-0.4, -0.2) is 29.7 Å². The number of benzene rings is 1. The summed E-state index contributed by atoms with van der Waals surface area (Å²) in [4.78, 5) is 10.8. The Morgan fingerprint density at radius 2 is 2.15 bits per heavy atom. The number of hydrogen-bond acceptors (Lipinski definition) is 4. The zero-order valence-electron chi connectivity index (χ0n) is 10.2. The maximum absolute atomic E-state index is 13.7. The zero-order valence-corrected chi connectivity index (χ0v) is 11.0. The highest BCUT2D eigenvalue weighted by Crippen LogP contribution is 2.24. The summed E-state index contributed by atoms with van der Waals surface area (Å²) >= 11 is 0. The molecular formula is C11H10FN3O4S. The van der Waals surface area contributed by atoms with Crippen molar-refractivity contribution in [1.29, 1.82) is 0 Å². The molecule has 0 radical (unpaired) electrons. The van der Waals surface area contributed by atoms with Crippen LogP contribution < -0.4 is 4.72 Å². The van der Waals surface area contributed by atoms with Crippen LogP contribution in [0.4, 0.5) is 10.1 Å². The number of anilines is 1. The van der Waals surface area contributed by atoms with Crippen LogP contribution in [0.2, 0.25) is 0 Å². The van der Waals surface area contributed by atoms with E-state index in [0.717, 1.165) is 18.3 Å². The molecule has 2 aromatic rings. The Kier molecular flexibility index (Phi) is 3.45. The maximum Gasteiger partial charge on any atom is 0.337 e. The topological polar surface area (TPSA) is 112 Å². The molecule has 0 saturated carbocycles. The summed E-state index contributed by atoms with van der Waals surface area (Å²) in [5.74, 6) is -2.42. The fourth-order valence-corrected chi connectivity index (χ4v) is 2.83. The summed E-state index contributed by atoms with van der Waals surface area (Å²) in [6.45, 7) is 1.47. The van der Waals surface area contributed by atoms with Gasteiger partial charge < -0.3 is 5.11 Å². The molecule has 1 aromatic carbocycles. The Balaban J connectivity index is 2.50. The SMILES string of the molecule is Cc1[nH]ncc1S(=O)(=O)Nc1c(F)cccc1C(=O)O. The lowest BCUT2D eigenvalue weighted by molar-refractivity contribution is 0.0697. The second kappa shape index (κ2) is 4.93. The first-order valence-electron chi connectivity index (χ1n) is 5.37. The first kappa shape index (κ1) is 14.0. The van der Waals surface area contributed by atoms with Crippen molar-refractivity contribution in [2.75, 3.05) is 4.72 Å². The van der Waals surface area contributed by atoms with Gasteiger partial charge in [-0.05, 0) is 19.1 Å². The van der Waals surface area contributed by atoms with Crippen LogP contribution in [0.25, 0.3) is 0 Å². The number of sulfonamides is 1. The van der Waals surface area contributed by atoms with E-state index in [1.165, 1.54) is 13.0 Å². The molecule has 9 heteroatoms. The molecule has 2 rings (SSSR count). The maximum atomic E-state index is 13.7. The van der Waals surface area contributed by atoms with Gasteiger partial charge in [0.2, 0.25) is 0 Å². The minimum absolute atomic E-state index is 0.183. The van der Waals surface area contributed by atoms with Crippen molar-refractivity contribution in [3.05, 3.63) is 41.5 Å². The van der Waals surface area contributed by atoms with Crippen molar-refractivity contribution >= 4 is 21.7 Å². The summed E-state index contributed by atoms with van der Waals surface area (Å²) in [6, 6.07) is 3.25. The van der Waals surface area contributed by atoms with Gasteiger partial charge in [-0.1, -0.05) is 6.07 Å². The smallest absolute Gasteiger partial charge is 0.337 e. The van der Waals surface area contributed by atoms with E-state index in [1.807, 2.05) is 4.72 Å². The van der Waals surface area contributed by atoms with E-state index in [2.05, 4.69) is 10.2 Å². The number of aryl methyl sites for hydroxylation is 1. The second-order valence-corrected chi connectivity index (χ2v) is 5.58. The van der Waals surface area contributed by atoms with E-state index >= 15 is 0 Å². The number of carboxylic acid groups (broad SMARTS) is 1. The van der Waals surface area contributed by atoms with Crippen LogP contribution in [0.3, 0.4) is 0 Å². The third-order valence-electron chi connectivity index (χ3n) is 2.55. The van der Waals surface area contributed by atoms with Gasteiger partial charge in [-0.15, -0.1) is 0 Å². The fourth-order valence-electron chi connectivity index (χ4n) is 1.61. The van der Waals surface area contributed by atoms with E-state index in [9.17, 15) is 17.6 Å². The highest BCUT2D eigenvalue weighted by molar-refractivity contribution is 7.92. The first-order chi connectivity index (χ1) is 9.33. The van der Waals surface area contributed by atoms with Gasteiger partial charge >= 0.3 is 5.97 Å². The number of rotatable bonds is 4. The molecule has 0 bridgehead atoms. The molecule has 0 aliphatic rings. The number of H-pyrrole nitrogens is 1. The molecule has 1 aromatic heterocycles. The summed E-state index contributed by atoms with van der Waals surface area (Å²) in [5, 5.41) is 14.9. The Hall–Kier alpha value is -2.42. The average Bonchev–Trinajstić information content (AvgIpc) is 2.78. The van der Waals surface area contributed by atoms with Crippen molar-refractivity contribution in [2.24, 2.45) is 0 Å². The minimum atomic E-state index is -4.13. The summed E-state index contributed by atoms with van der Waals surface area (Å²) in [6.07, 6.45) is 1.05. The molecule has 1 heterocycles. The van der Waals surface area contributed by atoms with Gasteiger partial charge in [0.1, 0.15) is 10.7 Å². The number of hydrogen-bond donors (Lipinski definition) is 3. The van der Waals surface area contributed by atoms with E-state index in [4.69, 9.17) is 5.11 Å². The van der Waals surface area contributed by atoms with Gasteiger partial charge in [-0.25, -0.2) is 17.6 Å². The number of para-hydroxylation sites is 1. The molecule has 106 valence electrons. The quantitative estimate of drug-likeness (QED) is 0.789. The van der Waals surface area contributed by atoms with Crippen molar-refractivity contribution < 1.29 is 22.7 Å². The van der Waals surface area contributed by atoms with E-state index in [0.29, 0.717) is 0 Å². The van der Waals surface area contributed by atoms with Gasteiger partial charge in [0.25, 0.3) is 10.0 Å². The highest BCUT2D eigenvalue weighted by atomic mass is 32.2. The number of aromatic amines is 1. The predicted molar refractivity (Wildman–Crippen MR) is 67.5 cm³/mol. The summed E-state index contributed by atoms with van der Waals surface area (Å²) in [5.41, 5.74) is -0.832. The van der Waals surface area contributed by atoms with Gasteiger partial charge in [0.05, 0.1) is 23.1 Å². The summed E-state index contributed by atoms with van der Waals surface area (Å²) < 4.78 is 39.8. The Labute approximate surface area is 113 Å². The lowest BCUT2D eigenvalue weighted by Gasteiger charge is -2.10. The lowest BCUT2D eigenvalue weighted by Crippen LogP contribution is -2.17. The van der Waals surface area contributed by atoms with Crippen molar-refractivity contribution in [1.82, 2.24) is 10.2 Å². The monoisotopic (exact) mass is 299 g/mol. The van der Waals surface area contributed by atoms with Crippen LogP contribution in [0.5, 0.6) is 0 Å². The highest BCUT2D eigenvalue weighted by Gasteiger charge is 2.23. The Bertz CT molecular complexity index is 770. The van der Waals surface area contributed by atoms with Gasteiger partial charge in [0.15, 0.2) is 0 Å². The van der Waals surface area contributed by atoms with Gasteiger partial charge in [-0.2, -0.15) is 5.10 Å². The van der Waals surface area contributed by atoms with Crippen LogP contribution >= 0.6 is 0 Å². The molecule has 0 unspecified atom stereocenters. The van der Waals surface area contributed by atoms with Gasteiger partial charge in [0, 0.05) is 0 Å². The number of halogens is 1. The molecule has 0 aliphatic heterocycles. The Morgan fingerprint density at radius 1 is 1.45 bits per heavy atom. The number of carbonyl (C=O) groups is 1. The number of nitrogens with one attached hydrogen (secondary N) is 2. The molecule has 20 heavy (non-hydrogen) atoms. The molecule has 0 aliphatic carbocycles. The first-order valence-corrected chi connectivity index (χ1v) is 6.86. The number of carboxylic acids is 1. The normalized spacial score (nSPS) is 11.3. The van der Waals surface area contributed by atoms with E-state index in [1.54, 1.807) is 0 Å². The molecule has 0 saturated heterocycles. The molecule has 0 spiro atoms. The lowest BCUT2D eigenvalue weighted by atomic mass is 10.2. The largest absolute Gasteiger partial charge is 0.478 e. The van der Waals surface area contributed by atoms with Crippen LogP contribution in [0.15, 0.2) is 29.3 Å². The molecule has 0 atom stereocenters. The standard InChI is InChI=1S/C11H10FN3O4S/c1-6-9(5-13-14-6)20(18,19)15-10-7(11(16)17)3-2-4-8(10)12/h2-5,15H,1H3,(H,13,14)(H,16,17). The van der Waals surface area contributed by atoms with Crippen LogP contribution in [-0.2, 0) is 10.0 Å². The molecule has 3 N–H and O–H groups in total. The predicted octanol–water partition coefficient (Wildman–Crippen LogP) is 1.36. The van der Waals surface area contributed by atoms with E-state index in [-0.39, 0.29) is 10.6 Å². The minimum Gasteiger partial charge on any atom is -0.478 e. The van der Waals surface area contributed by atoms with Crippen molar-refractivity contribution in [2.45, 2.75) is 11.8 Å². The number of aromatic carboxylic acids is 1. The third-order valence-corrected chi connectivity index (χ3v) is 4.02. The van der Waals surface area contributed by atoms with Crippen LogP contribution in [0.1, 0.15) is 16.1 Å². The van der Waals surface area contributed by atoms with Crippen molar-refractivity contribution in [3.8, 4) is 0 Å². The average molecular weight is 299 g/mol. The Morgan fingerprint density at radius 3 is 2.70 bits per heavy atom. The fraction of sp³-hybridized carbons (Fsp3) is 0.0909. The summed E-state index contributed by atoms with van der Waals surface area (Å²) in [7, 11) is -4.13. The van der Waals surface area contributed by atoms with E-state index < -0.39 is 33.1 Å².